The molecule has 4 heterocycles. The Morgan fingerprint density at radius 3 is 2.36 bits per heavy atom. The first-order valence-electron chi connectivity index (χ1n) is 22.1. The number of halogens is 1. The van der Waals surface area contributed by atoms with Crippen molar-refractivity contribution in [2.45, 2.75) is 97.5 Å². The molecule has 0 radical (unpaired) electrons. The molecule has 356 valence electrons. The molecule has 2 aliphatic heterocycles. The number of hydrogen-bond acceptors (Lipinski definition) is 13. The van der Waals surface area contributed by atoms with Gasteiger partial charge in [-0.25, -0.2) is 9.97 Å². The molecule has 0 spiro atoms. The van der Waals surface area contributed by atoms with Crippen molar-refractivity contribution in [3.63, 3.8) is 0 Å². The Balaban J connectivity index is 0.856. The molecule has 0 aliphatic carbocycles. The van der Waals surface area contributed by atoms with Gasteiger partial charge in [0, 0.05) is 45.0 Å². The normalized spacial score (nSPS) is 17.4. The molecule has 4 aromatic rings. The fourth-order valence-electron chi connectivity index (χ4n) is 7.79. The van der Waals surface area contributed by atoms with Crippen LogP contribution < -0.4 is 25.2 Å². The number of ether oxygens (including phenoxy) is 3. The van der Waals surface area contributed by atoms with Crippen LogP contribution in [0, 0.1) is 23.7 Å². The Morgan fingerprint density at radius 2 is 1.70 bits per heavy atom. The number of anilines is 2. The first kappa shape index (κ1) is 50.9. The van der Waals surface area contributed by atoms with Crippen molar-refractivity contribution in [2.24, 2.45) is 5.41 Å². The van der Waals surface area contributed by atoms with Crippen molar-refractivity contribution in [1.82, 2.24) is 25.5 Å². The number of nitriles is 1. The molecular weight excluding hydrogens is 916 g/mol. The molecule has 2 aliphatic rings. The summed E-state index contributed by atoms with van der Waals surface area (Å²) in [5, 5.41) is 25.9. The average molecular weight is 974 g/mol. The van der Waals surface area contributed by atoms with E-state index in [2.05, 4.69) is 20.6 Å². The SMILES string of the molecule is Cc1ncsc1-c1ccc(CNC(=O)[C@@H]2C[C@@H](O)CN2C(=O)[C@@H](NC(=O)COCCCOCCCCOc2ccc(N3C(=S)N(c4cnc(C#N)c(Cl)c4)C(=O)C3(C)C)cc2)C(C)(C)C)cc1. The Kier molecular flexibility index (Phi) is 17.1. The maximum atomic E-state index is 13.9. The van der Waals surface area contributed by atoms with Crippen LogP contribution in [0.15, 0.2) is 66.3 Å². The lowest BCUT2D eigenvalue weighted by molar-refractivity contribution is -0.144. The Hall–Kier alpha value is -5.55. The second-order valence-corrected chi connectivity index (χ2v) is 19.6. The summed E-state index contributed by atoms with van der Waals surface area (Å²) in [5.41, 5.74) is 4.17. The Morgan fingerprint density at radius 1 is 1.01 bits per heavy atom. The molecule has 3 N–H and O–H groups in total. The monoisotopic (exact) mass is 972 g/mol. The third-order valence-corrected chi connectivity index (χ3v) is 13.1. The molecule has 0 bridgehead atoms. The number of β-amino-alcohol motifs (C(OH)–C–C–N with tert-alkyl or cyclic N) is 1. The number of rotatable bonds is 20. The predicted octanol–water partition coefficient (Wildman–Crippen LogP) is 6.35. The topological polar surface area (TPSA) is 200 Å². The summed E-state index contributed by atoms with van der Waals surface area (Å²) in [6.07, 6.45) is 2.72. The summed E-state index contributed by atoms with van der Waals surface area (Å²) in [6.45, 7) is 12.7. The highest BCUT2D eigenvalue weighted by atomic mass is 35.5. The molecule has 2 aromatic heterocycles. The summed E-state index contributed by atoms with van der Waals surface area (Å²) in [4.78, 5) is 67.8. The lowest BCUT2D eigenvalue weighted by Gasteiger charge is -2.35. The van der Waals surface area contributed by atoms with Gasteiger partial charge in [0.15, 0.2) is 10.8 Å². The quantitative estimate of drug-likeness (QED) is 0.0655. The van der Waals surface area contributed by atoms with Crippen molar-refractivity contribution in [1.29, 1.82) is 5.26 Å². The van der Waals surface area contributed by atoms with E-state index in [-0.39, 0.29) is 60.4 Å². The molecule has 16 nitrogen and oxygen atoms in total. The van der Waals surface area contributed by atoms with E-state index in [1.807, 2.05) is 87.8 Å². The number of nitrogens with zero attached hydrogens (tertiary/aromatic N) is 6. The second kappa shape index (κ2) is 22.5. The third-order valence-electron chi connectivity index (χ3n) is 11.4. The van der Waals surface area contributed by atoms with Crippen LogP contribution in [0.1, 0.15) is 77.3 Å². The molecule has 4 amide bonds. The summed E-state index contributed by atoms with van der Waals surface area (Å²) >= 11 is 13.5. The van der Waals surface area contributed by atoms with Crippen molar-refractivity contribution >= 4 is 75.3 Å². The average Bonchev–Trinajstić information content (AvgIpc) is 3.96. The van der Waals surface area contributed by atoms with E-state index in [1.54, 1.807) is 30.1 Å². The van der Waals surface area contributed by atoms with Crippen LogP contribution in [0.4, 0.5) is 11.4 Å². The van der Waals surface area contributed by atoms with E-state index >= 15 is 0 Å². The highest BCUT2D eigenvalue weighted by Crippen LogP contribution is 2.38. The molecule has 0 saturated carbocycles. The van der Waals surface area contributed by atoms with Crippen LogP contribution in [0.3, 0.4) is 0 Å². The van der Waals surface area contributed by atoms with Gasteiger partial charge in [-0.05, 0) is 99.1 Å². The number of thiocarbonyl (C=S) groups is 1. The molecule has 2 fully saturated rings. The molecule has 67 heavy (non-hydrogen) atoms. The number of hydrogen-bond donors (Lipinski definition) is 3. The van der Waals surface area contributed by atoms with Crippen molar-refractivity contribution in [3.05, 3.63) is 88.3 Å². The van der Waals surface area contributed by atoms with E-state index in [9.17, 15) is 29.5 Å². The highest BCUT2D eigenvalue weighted by Gasteiger charge is 2.50. The summed E-state index contributed by atoms with van der Waals surface area (Å²) in [6, 6.07) is 16.8. The number of aromatic nitrogens is 2. The fraction of sp³-hybridized carbons (Fsp3) is 0.458. The number of likely N-dealkylation sites (tertiary alicyclic amines) is 1. The standard InChI is InChI=1S/C48H57ClN8O8S2/c1-30-41(67-29-53-30)32-12-10-31(11-13-32)25-52-43(60)39-23-35(58)27-55(39)44(61)42(47(2,3)4)54-40(59)28-64-20-9-19-63-18-7-8-21-65-36-16-14-33(15-17-36)57-46(66)56(45(62)48(57,5)6)34-22-37(49)38(24-50)51-26-34/h10-17,22,26,29,35,39,42,58H,7-9,18-21,23,25,27-28H2,1-6H3,(H,52,60)(H,54,59)/t35-,39+,42-/m1/s1. The van der Waals surface area contributed by atoms with Gasteiger partial charge in [0.2, 0.25) is 17.7 Å². The van der Waals surface area contributed by atoms with Gasteiger partial charge < -0.3 is 39.8 Å². The number of carbonyl (C=O) groups is 4. The first-order chi connectivity index (χ1) is 31.9. The van der Waals surface area contributed by atoms with Gasteiger partial charge in [-0.15, -0.1) is 11.3 Å². The second-order valence-electron chi connectivity index (χ2n) is 18.0. The summed E-state index contributed by atoms with van der Waals surface area (Å²) in [5.74, 6) is -0.868. The molecule has 19 heteroatoms. The van der Waals surface area contributed by atoms with E-state index < -0.39 is 41.0 Å². The number of amides is 4. The lowest BCUT2D eigenvalue weighted by atomic mass is 9.85. The van der Waals surface area contributed by atoms with E-state index in [0.717, 1.165) is 34.5 Å². The number of aliphatic hydroxyl groups is 1. The van der Waals surface area contributed by atoms with Crippen LogP contribution in [-0.2, 0) is 35.2 Å². The maximum absolute atomic E-state index is 13.9. The van der Waals surface area contributed by atoms with Crippen LogP contribution in [0.2, 0.25) is 5.02 Å². The number of carbonyl (C=O) groups excluding carboxylic acids is 4. The number of nitrogens with one attached hydrogen (secondary N) is 2. The number of aliphatic hydroxyl groups excluding tert-OH is 1. The minimum Gasteiger partial charge on any atom is -0.494 e. The van der Waals surface area contributed by atoms with Gasteiger partial charge in [-0.3, -0.25) is 24.1 Å². The summed E-state index contributed by atoms with van der Waals surface area (Å²) in [7, 11) is 0. The van der Waals surface area contributed by atoms with Crippen LogP contribution >= 0.6 is 35.2 Å². The molecule has 2 saturated heterocycles. The number of thiazole rings is 1. The zero-order valence-corrected chi connectivity index (χ0v) is 40.9. The van der Waals surface area contributed by atoms with Gasteiger partial charge in [0.1, 0.15) is 36.0 Å². The van der Waals surface area contributed by atoms with E-state index in [0.29, 0.717) is 43.4 Å². The van der Waals surface area contributed by atoms with Gasteiger partial charge in [-0.1, -0.05) is 56.6 Å². The zero-order chi connectivity index (χ0) is 48.5. The smallest absolute Gasteiger partial charge is 0.259 e. The van der Waals surface area contributed by atoms with Gasteiger partial charge in [-0.2, -0.15) is 5.26 Å². The van der Waals surface area contributed by atoms with E-state index in [4.69, 9.17) is 38.0 Å². The molecule has 6 rings (SSSR count). The molecule has 0 unspecified atom stereocenters. The van der Waals surface area contributed by atoms with Crippen molar-refractivity contribution < 1.29 is 38.5 Å². The molecular formula is C48H57ClN8O8S2. The lowest BCUT2D eigenvalue weighted by Crippen LogP contribution is -2.58. The van der Waals surface area contributed by atoms with E-state index in [1.165, 1.54) is 22.1 Å². The largest absolute Gasteiger partial charge is 0.494 e. The van der Waals surface area contributed by atoms with Gasteiger partial charge in [0.25, 0.3) is 5.91 Å². The Bertz CT molecular complexity index is 2450. The zero-order valence-electron chi connectivity index (χ0n) is 38.5. The first-order valence-corrected chi connectivity index (χ1v) is 23.7. The predicted molar refractivity (Wildman–Crippen MR) is 260 cm³/mol. The molecule has 2 aromatic carbocycles. The van der Waals surface area contributed by atoms with Gasteiger partial charge in [0.05, 0.1) is 45.7 Å². The Labute approximate surface area is 405 Å². The molecule has 3 atom stereocenters. The van der Waals surface area contributed by atoms with Crippen LogP contribution in [0.25, 0.3) is 10.4 Å². The number of unbranched alkanes of at least 4 members (excludes halogenated alkanes) is 1. The number of pyridine rings is 1. The summed E-state index contributed by atoms with van der Waals surface area (Å²) < 4.78 is 17.3. The van der Waals surface area contributed by atoms with Gasteiger partial charge >= 0.3 is 0 Å². The third kappa shape index (κ3) is 12.5. The maximum Gasteiger partial charge on any atom is 0.259 e. The minimum atomic E-state index is -0.996. The van der Waals surface area contributed by atoms with Crippen molar-refractivity contribution in [2.75, 3.05) is 49.4 Å². The highest BCUT2D eigenvalue weighted by molar-refractivity contribution is 7.81. The number of benzene rings is 2. The van der Waals surface area contributed by atoms with Crippen LogP contribution in [0.5, 0.6) is 5.75 Å². The number of aryl methyl sites for hydroxylation is 1. The van der Waals surface area contributed by atoms with Crippen molar-refractivity contribution in [3.8, 4) is 22.3 Å². The fourth-order valence-corrected chi connectivity index (χ4v) is 9.33. The van der Waals surface area contributed by atoms with Crippen LogP contribution in [-0.4, -0.2) is 112 Å². The minimum absolute atomic E-state index is 0.0166.